The molecule has 3 aromatic rings. The summed E-state index contributed by atoms with van der Waals surface area (Å²) in [6.45, 7) is 3.19. The molecule has 1 heterocycles. The lowest BCUT2D eigenvalue weighted by Crippen LogP contribution is -2.15. The molecule has 0 spiro atoms. The van der Waals surface area contributed by atoms with Crippen molar-refractivity contribution in [2.24, 2.45) is 0 Å². The van der Waals surface area contributed by atoms with E-state index in [9.17, 15) is 18.5 Å². The second kappa shape index (κ2) is 6.52. The monoisotopic (exact) mass is 374 g/mol. The molecule has 1 aromatic heterocycles. The second-order valence-corrected chi connectivity index (χ2v) is 7.17. The van der Waals surface area contributed by atoms with Gasteiger partial charge in [-0.1, -0.05) is 6.07 Å². The molecule has 0 bridgehead atoms. The zero-order valence-electron chi connectivity index (χ0n) is 13.8. The maximum Gasteiger partial charge on any atom is 0.273 e. The van der Waals surface area contributed by atoms with Crippen molar-refractivity contribution in [2.45, 2.75) is 18.7 Å². The van der Waals surface area contributed by atoms with E-state index < -0.39 is 14.9 Å². The molecule has 11 heteroatoms. The summed E-state index contributed by atoms with van der Waals surface area (Å²) in [6.07, 6.45) is 1.43. The minimum absolute atomic E-state index is 0.0760. The number of anilines is 1. The van der Waals surface area contributed by atoms with E-state index in [0.717, 1.165) is 5.56 Å². The average molecular weight is 374 g/mol. The van der Waals surface area contributed by atoms with E-state index in [4.69, 9.17) is 0 Å². The third-order valence-corrected chi connectivity index (χ3v) is 5.31. The highest BCUT2D eigenvalue weighted by molar-refractivity contribution is 7.92. The van der Waals surface area contributed by atoms with Gasteiger partial charge in [0.1, 0.15) is 6.33 Å². The van der Waals surface area contributed by atoms with Crippen molar-refractivity contribution in [2.75, 3.05) is 4.72 Å². The number of sulfonamides is 1. The Hall–Kier alpha value is -3.34. The summed E-state index contributed by atoms with van der Waals surface area (Å²) in [7, 11) is -3.98. The molecule has 0 aliphatic carbocycles. The van der Waals surface area contributed by atoms with Gasteiger partial charge in [-0.15, -0.1) is 5.10 Å². The predicted octanol–water partition coefficient (Wildman–Crippen LogP) is 1.99. The Morgan fingerprint density at radius 2 is 1.96 bits per heavy atom. The van der Waals surface area contributed by atoms with Crippen molar-refractivity contribution in [1.82, 2.24) is 20.2 Å². The molecule has 10 nitrogen and oxygen atoms in total. The molecule has 0 fully saturated rings. The van der Waals surface area contributed by atoms with Gasteiger partial charge >= 0.3 is 0 Å². The lowest BCUT2D eigenvalue weighted by molar-refractivity contribution is -0.385. The SMILES string of the molecule is Cc1cc(NS(=O)(=O)c2cccc([N+](=O)[O-])c2C)ccc1-n1cnnn1. The largest absolute Gasteiger partial charge is 0.280 e. The molecule has 26 heavy (non-hydrogen) atoms. The van der Waals surface area contributed by atoms with E-state index in [0.29, 0.717) is 11.4 Å². The fraction of sp³-hybridized carbons (Fsp3) is 0.133. The molecule has 0 atom stereocenters. The van der Waals surface area contributed by atoms with Crippen LogP contribution in [0.4, 0.5) is 11.4 Å². The number of nitrogens with one attached hydrogen (secondary N) is 1. The van der Waals surface area contributed by atoms with E-state index in [-0.39, 0.29) is 16.1 Å². The number of nitro benzene ring substituents is 1. The van der Waals surface area contributed by atoms with Crippen LogP contribution in [0.25, 0.3) is 5.69 Å². The van der Waals surface area contributed by atoms with Crippen LogP contribution in [0.2, 0.25) is 0 Å². The van der Waals surface area contributed by atoms with Gasteiger partial charge in [0.15, 0.2) is 0 Å². The number of nitrogens with zero attached hydrogens (tertiary/aromatic N) is 5. The Morgan fingerprint density at radius 3 is 2.58 bits per heavy atom. The van der Waals surface area contributed by atoms with Gasteiger partial charge in [0.05, 0.1) is 15.5 Å². The lowest BCUT2D eigenvalue weighted by Gasteiger charge is -2.12. The van der Waals surface area contributed by atoms with Crippen LogP contribution in [0.3, 0.4) is 0 Å². The highest BCUT2D eigenvalue weighted by atomic mass is 32.2. The van der Waals surface area contributed by atoms with Gasteiger partial charge < -0.3 is 0 Å². The Labute approximate surface area is 148 Å². The van der Waals surface area contributed by atoms with E-state index in [1.807, 2.05) is 0 Å². The summed E-state index contributed by atoms with van der Waals surface area (Å²) in [6, 6.07) is 8.79. The van der Waals surface area contributed by atoms with Crippen LogP contribution in [0.15, 0.2) is 47.6 Å². The minimum atomic E-state index is -3.98. The standard InChI is InChI=1S/C15H14N6O4S/c1-10-8-12(6-7-13(10)20-9-16-18-19-20)17-26(24,25)15-5-3-4-14(11(15)2)21(22)23/h3-9,17H,1-2H3. The fourth-order valence-corrected chi connectivity index (χ4v) is 3.86. The van der Waals surface area contributed by atoms with Crippen molar-refractivity contribution in [3.63, 3.8) is 0 Å². The minimum Gasteiger partial charge on any atom is -0.280 e. The zero-order valence-corrected chi connectivity index (χ0v) is 14.6. The number of aromatic nitrogens is 4. The predicted molar refractivity (Wildman–Crippen MR) is 92.5 cm³/mol. The van der Waals surface area contributed by atoms with Gasteiger partial charge in [0, 0.05) is 17.3 Å². The van der Waals surface area contributed by atoms with Crippen molar-refractivity contribution < 1.29 is 13.3 Å². The van der Waals surface area contributed by atoms with Crippen LogP contribution in [0.5, 0.6) is 0 Å². The van der Waals surface area contributed by atoms with E-state index in [2.05, 4.69) is 20.2 Å². The molecule has 0 amide bonds. The molecule has 2 aromatic carbocycles. The summed E-state index contributed by atoms with van der Waals surface area (Å²) in [5.74, 6) is 0. The van der Waals surface area contributed by atoms with Gasteiger partial charge in [-0.3, -0.25) is 14.8 Å². The number of tetrazole rings is 1. The number of hydrogen-bond acceptors (Lipinski definition) is 7. The molecule has 0 radical (unpaired) electrons. The van der Waals surface area contributed by atoms with E-state index >= 15 is 0 Å². The maximum atomic E-state index is 12.7. The zero-order chi connectivity index (χ0) is 18.9. The summed E-state index contributed by atoms with van der Waals surface area (Å²) in [4.78, 5) is 10.3. The van der Waals surface area contributed by atoms with Crippen LogP contribution in [0, 0.1) is 24.0 Å². The Balaban J connectivity index is 1.95. The third kappa shape index (κ3) is 3.24. The van der Waals surface area contributed by atoms with Gasteiger partial charge in [0.25, 0.3) is 15.7 Å². The average Bonchev–Trinajstić information content (AvgIpc) is 3.08. The number of aryl methyl sites for hydroxylation is 1. The first kappa shape index (κ1) is 17.5. The van der Waals surface area contributed by atoms with Crippen LogP contribution in [-0.4, -0.2) is 33.5 Å². The number of rotatable bonds is 5. The summed E-state index contributed by atoms with van der Waals surface area (Å²) in [5.41, 5.74) is 1.59. The van der Waals surface area contributed by atoms with Gasteiger partial charge in [-0.05, 0) is 54.1 Å². The molecule has 0 unspecified atom stereocenters. The highest BCUT2D eigenvalue weighted by Crippen LogP contribution is 2.27. The summed E-state index contributed by atoms with van der Waals surface area (Å²) < 4.78 is 29.2. The molecular formula is C15H14N6O4S. The molecule has 1 N–H and O–H groups in total. The van der Waals surface area contributed by atoms with Crippen molar-refractivity contribution in [1.29, 1.82) is 0 Å². The van der Waals surface area contributed by atoms with Crippen LogP contribution in [-0.2, 0) is 10.0 Å². The van der Waals surface area contributed by atoms with Crippen LogP contribution < -0.4 is 4.72 Å². The molecule has 3 rings (SSSR count). The molecule has 0 aliphatic heterocycles. The Kier molecular flexibility index (Phi) is 4.38. The smallest absolute Gasteiger partial charge is 0.273 e. The quantitative estimate of drug-likeness (QED) is 0.533. The molecule has 0 saturated heterocycles. The molecular weight excluding hydrogens is 360 g/mol. The summed E-state index contributed by atoms with van der Waals surface area (Å²) in [5, 5.41) is 21.9. The Bertz CT molecular complexity index is 1080. The summed E-state index contributed by atoms with van der Waals surface area (Å²) >= 11 is 0. The third-order valence-electron chi connectivity index (χ3n) is 3.79. The van der Waals surface area contributed by atoms with Gasteiger partial charge in [0.2, 0.25) is 0 Å². The first-order valence-electron chi connectivity index (χ1n) is 7.40. The van der Waals surface area contributed by atoms with E-state index in [1.54, 1.807) is 25.1 Å². The number of hydrogen-bond donors (Lipinski definition) is 1. The fourth-order valence-electron chi connectivity index (χ4n) is 2.55. The number of benzene rings is 2. The second-order valence-electron chi connectivity index (χ2n) is 5.52. The molecule has 134 valence electrons. The molecule has 0 aliphatic rings. The van der Waals surface area contributed by atoms with Crippen molar-refractivity contribution >= 4 is 21.4 Å². The normalized spacial score (nSPS) is 11.3. The first-order chi connectivity index (χ1) is 12.3. The lowest BCUT2D eigenvalue weighted by atomic mass is 10.2. The van der Waals surface area contributed by atoms with Crippen LogP contribution >= 0.6 is 0 Å². The van der Waals surface area contributed by atoms with Crippen LogP contribution in [0.1, 0.15) is 11.1 Å². The van der Waals surface area contributed by atoms with Crippen molar-refractivity contribution in [3.05, 3.63) is 64.0 Å². The highest BCUT2D eigenvalue weighted by Gasteiger charge is 2.23. The molecule has 0 saturated carbocycles. The topological polar surface area (TPSA) is 133 Å². The van der Waals surface area contributed by atoms with Crippen molar-refractivity contribution in [3.8, 4) is 5.69 Å². The van der Waals surface area contributed by atoms with E-state index in [1.165, 1.54) is 36.1 Å². The Morgan fingerprint density at radius 1 is 1.19 bits per heavy atom. The van der Waals surface area contributed by atoms with Gasteiger partial charge in [-0.2, -0.15) is 0 Å². The maximum absolute atomic E-state index is 12.7. The van der Waals surface area contributed by atoms with Gasteiger partial charge in [-0.25, -0.2) is 13.1 Å². The first-order valence-corrected chi connectivity index (χ1v) is 8.89. The number of nitro groups is 1.